The van der Waals surface area contributed by atoms with Crippen LogP contribution in [0.25, 0.3) is 11.5 Å². The smallest absolute Gasteiger partial charge is 0.321 e. The summed E-state index contributed by atoms with van der Waals surface area (Å²) < 4.78 is 5.35. The Labute approximate surface area is 146 Å². The first-order chi connectivity index (χ1) is 11.9. The molecule has 1 aliphatic carbocycles. The number of rotatable bonds is 3. The number of benzene rings is 1. The topological polar surface area (TPSA) is 91.5 Å². The summed E-state index contributed by atoms with van der Waals surface area (Å²) in [4.78, 5) is 18.4. The number of urea groups is 1. The van der Waals surface area contributed by atoms with Crippen LogP contribution in [0, 0.1) is 6.92 Å². The van der Waals surface area contributed by atoms with Crippen LogP contribution in [0.5, 0.6) is 0 Å². The van der Waals surface area contributed by atoms with Gasteiger partial charge >= 0.3 is 6.03 Å². The number of β-amino-alcohol motifs (C(OH)–C–C–N with tert-alkyl or cyclic N) is 1. The highest BCUT2D eigenvalue weighted by Gasteiger charge is 2.34. The first-order valence-corrected chi connectivity index (χ1v) is 8.64. The third-order valence-electron chi connectivity index (χ3n) is 4.84. The molecule has 2 heterocycles. The summed E-state index contributed by atoms with van der Waals surface area (Å²) in [6.45, 7) is 4.59. The summed E-state index contributed by atoms with van der Waals surface area (Å²) >= 11 is 0. The lowest BCUT2D eigenvalue weighted by Gasteiger charge is -2.20. The quantitative estimate of drug-likeness (QED) is 0.895. The van der Waals surface area contributed by atoms with Gasteiger partial charge in [0.1, 0.15) is 0 Å². The summed E-state index contributed by atoms with van der Waals surface area (Å²) in [5, 5.41) is 16.9. The lowest BCUT2D eigenvalue weighted by Crippen LogP contribution is -2.36. The molecular weight excluding hydrogens is 320 g/mol. The van der Waals surface area contributed by atoms with Crippen LogP contribution in [0.1, 0.15) is 43.5 Å². The molecule has 2 aromatic rings. The molecule has 132 valence electrons. The van der Waals surface area contributed by atoms with Gasteiger partial charge in [-0.2, -0.15) is 4.98 Å². The van der Waals surface area contributed by atoms with E-state index in [1.807, 2.05) is 25.1 Å². The minimum atomic E-state index is -0.798. The molecule has 2 amide bonds. The Bertz CT molecular complexity index is 810. The molecule has 1 saturated carbocycles. The molecule has 4 rings (SSSR count). The largest absolute Gasteiger partial charge is 0.388 e. The lowest BCUT2D eigenvalue weighted by molar-refractivity contribution is 0.0727. The number of aryl methyl sites for hydroxylation is 1. The fourth-order valence-electron chi connectivity index (χ4n) is 3.11. The molecule has 1 aliphatic heterocycles. The summed E-state index contributed by atoms with van der Waals surface area (Å²) in [5.41, 5.74) is 1.71. The molecule has 2 fully saturated rings. The van der Waals surface area contributed by atoms with Crippen molar-refractivity contribution >= 4 is 11.7 Å². The number of anilines is 1. The van der Waals surface area contributed by atoms with Crippen LogP contribution in [0.3, 0.4) is 0 Å². The number of nitrogens with zero attached hydrogens (tertiary/aromatic N) is 3. The molecule has 1 saturated heterocycles. The molecule has 1 aromatic carbocycles. The van der Waals surface area contributed by atoms with E-state index in [9.17, 15) is 9.90 Å². The van der Waals surface area contributed by atoms with E-state index in [0.29, 0.717) is 31.3 Å². The van der Waals surface area contributed by atoms with Gasteiger partial charge in [0.25, 0.3) is 5.89 Å². The fraction of sp³-hybridized carbons (Fsp3) is 0.500. The van der Waals surface area contributed by atoms with Crippen LogP contribution in [0.15, 0.2) is 22.7 Å². The van der Waals surface area contributed by atoms with Crippen LogP contribution < -0.4 is 5.32 Å². The second kappa shape index (κ2) is 5.84. The molecule has 0 radical (unpaired) electrons. The van der Waals surface area contributed by atoms with Crippen molar-refractivity contribution in [1.82, 2.24) is 15.0 Å². The standard InChI is InChI=1S/C18H22N4O3/c1-11-9-13(16-20-15(21-25-16)12-3-4-12)5-6-14(11)19-17(23)22-8-7-18(2,24)10-22/h5-6,9,12,24H,3-4,7-8,10H2,1-2H3,(H,19,23)/t18-/m0/s1. The molecule has 1 aromatic heterocycles. The number of carbonyl (C=O) groups excluding carboxylic acids is 1. The van der Waals surface area contributed by atoms with Crippen molar-refractivity contribution in [3.05, 3.63) is 29.6 Å². The third kappa shape index (κ3) is 3.37. The van der Waals surface area contributed by atoms with E-state index in [1.54, 1.807) is 11.8 Å². The molecule has 7 nitrogen and oxygen atoms in total. The van der Waals surface area contributed by atoms with E-state index < -0.39 is 5.60 Å². The first kappa shape index (κ1) is 16.1. The van der Waals surface area contributed by atoms with Crippen molar-refractivity contribution < 1.29 is 14.4 Å². The first-order valence-electron chi connectivity index (χ1n) is 8.64. The highest BCUT2D eigenvalue weighted by molar-refractivity contribution is 5.90. The Morgan fingerprint density at radius 3 is 2.88 bits per heavy atom. The predicted molar refractivity (Wildman–Crippen MR) is 92.3 cm³/mol. The highest BCUT2D eigenvalue weighted by Crippen LogP contribution is 2.39. The van der Waals surface area contributed by atoms with Gasteiger partial charge in [-0.15, -0.1) is 0 Å². The molecule has 1 atom stereocenters. The fourth-order valence-corrected chi connectivity index (χ4v) is 3.11. The van der Waals surface area contributed by atoms with Crippen LogP contribution in [-0.2, 0) is 0 Å². The van der Waals surface area contributed by atoms with Gasteiger partial charge in [-0.05, 0) is 56.9 Å². The zero-order valence-corrected chi connectivity index (χ0v) is 14.5. The summed E-state index contributed by atoms with van der Waals surface area (Å²) in [6.07, 6.45) is 2.86. The SMILES string of the molecule is Cc1cc(-c2nc(C3CC3)no2)ccc1NC(=O)N1CC[C@](C)(O)C1. The predicted octanol–water partition coefficient (Wildman–Crippen LogP) is 2.91. The van der Waals surface area contributed by atoms with Crippen LogP contribution in [0.2, 0.25) is 0 Å². The number of nitrogens with one attached hydrogen (secondary N) is 1. The Morgan fingerprint density at radius 1 is 1.44 bits per heavy atom. The summed E-state index contributed by atoms with van der Waals surface area (Å²) in [7, 11) is 0. The van der Waals surface area contributed by atoms with Gasteiger partial charge in [-0.1, -0.05) is 5.16 Å². The monoisotopic (exact) mass is 342 g/mol. The average molecular weight is 342 g/mol. The summed E-state index contributed by atoms with van der Waals surface area (Å²) in [5.74, 6) is 1.75. The number of amides is 2. The normalized spacial score (nSPS) is 23.1. The highest BCUT2D eigenvalue weighted by atomic mass is 16.5. The van der Waals surface area contributed by atoms with E-state index in [2.05, 4.69) is 15.5 Å². The van der Waals surface area contributed by atoms with Gasteiger partial charge < -0.3 is 19.8 Å². The number of likely N-dealkylation sites (tertiary alicyclic amines) is 1. The van der Waals surface area contributed by atoms with Gasteiger partial charge in [-0.25, -0.2) is 4.79 Å². The van der Waals surface area contributed by atoms with E-state index >= 15 is 0 Å². The average Bonchev–Trinajstić information content (AvgIpc) is 3.18. The molecule has 0 bridgehead atoms. The van der Waals surface area contributed by atoms with E-state index in [1.165, 1.54) is 0 Å². The minimum absolute atomic E-state index is 0.192. The lowest BCUT2D eigenvalue weighted by atomic mass is 10.1. The van der Waals surface area contributed by atoms with E-state index in [4.69, 9.17) is 4.52 Å². The summed E-state index contributed by atoms with van der Waals surface area (Å²) in [6, 6.07) is 5.45. The van der Waals surface area contributed by atoms with Crippen molar-refractivity contribution in [1.29, 1.82) is 0 Å². The number of carbonyl (C=O) groups is 1. The van der Waals surface area contributed by atoms with Crippen molar-refractivity contribution in [2.75, 3.05) is 18.4 Å². The van der Waals surface area contributed by atoms with Crippen molar-refractivity contribution in [2.24, 2.45) is 0 Å². The zero-order chi connectivity index (χ0) is 17.6. The van der Waals surface area contributed by atoms with E-state index in [0.717, 1.165) is 35.5 Å². The zero-order valence-electron chi connectivity index (χ0n) is 14.5. The maximum absolute atomic E-state index is 12.4. The molecule has 2 N–H and O–H groups in total. The van der Waals surface area contributed by atoms with Crippen LogP contribution in [0.4, 0.5) is 10.5 Å². The molecule has 25 heavy (non-hydrogen) atoms. The maximum Gasteiger partial charge on any atom is 0.321 e. The van der Waals surface area contributed by atoms with Crippen LogP contribution >= 0.6 is 0 Å². The number of aliphatic hydroxyl groups is 1. The van der Waals surface area contributed by atoms with Crippen molar-refractivity contribution in [3.8, 4) is 11.5 Å². The van der Waals surface area contributed by atoms with Gasteiger partial charge in [0.2, 0.25) is 0 Å². The molecular formula is C18H22N4O3. The maximum atomic E-state index is 12.4. The van der Waals surface area contributed by atoms with Gasteiger partial charge in [0.05, 0.1) is 12.1 Å². The Kier molecular flexibility index (Phi) is 3.76. The van der Waals surface area contributed by atoms with Gasteiger partial charge in [-0.3, -0.25) is 0 Å². The third-order valence-corrected chi connectivity index (χ3v) is 4.84. The Hall–Kier alpha value is -2.41. The van der Waals surface area contributed by atoms with Crippen molar-refractivity contribution in [3.63, 3.8) is 0 Å². The van der Waals surface area contributed by atoms with Crippen LogP contribution in [-0.4, -0.2) is 44.9 Å². The molecule has 2 aliphatic rings. The van der Waals surface area contributed by atoms with Gasteiger partial charge in [0.15, 0.2) is 5.82 Å². The Morgan fingerprint density at radius 2 is 2.24 bits per heavy atom. The minimum Gasteiger partial charge on any atom is -0.388 e. The number of hydrogen-bond donors (Lipinski definition) is 2. The second-order valence-corrected chi connectivity index (χ2v) is 7.36. The second-order valence-electron chi connectivity index (χ2n) is 7.36. The molecule has 0 unspecified atom stereocenters. The Balaban J connectivity index is 1.47. The van der Waals surface area contributed by atoms with E-state index in [-0.39, 0.29) is 6.03 Å². The molecule has 0 spiro atoms. The number of hydrogen-bond acceptors (Lipinski definition) is 5. The molecule has 7 heteroatoms. The van der Waals surface area contributed by atoms with Crippen molar-refractivity contribution in [2.45, 2.75) is 44.6 Å². The number of aromatic nitrogens is 2. The van der Waals surface area contributed by atoms with Gasteiger partial charge in [0, 0.05) is 23.7 Å².